The van der Waals surface area contributed by atoms with E-state index in [1.54, 1.807) is 0 Å². The van der Waals surface area contributed by atoms with Gasteiger partial charge in [-0.05, 0) is 19.3 Å². The maximum Gasteiger partial charge on any atom is 0.371 e. The molecule has 0 aromatic heterocycles. The van der Waals surface area contributed by atoms with Gasteiger partial charge in [0.1, 0.15) is 6.04 Å². The van der Waals surface area contributed by atoms with E-state index in [0.717, 1.165) is 12.8 Å². The van der Waals surface area contributed by atoms with Crippen LogP contribution in [0.25, 0.3) is 0 Å². The number of carbonyl (C=O) groups is 2. The van der Waals surface area contributed by atoms with Crippen molar-refractivity contribution in [2.45, 2.75) is 25.3 Å². The Hall–Kier alpha value is -1.59. The molecular weight excluding hydrogens is 188 g/mol. The highest BCUT2D eigenvalue weighted by atomic mass is 16.4. The van der Waals surface area contributed by atoms with Crippen LogP contribution in [0.2, 0.25) is 0 Å². The summed E-state index contributed by atoms with van der Waals surface area (Å²) >= 11 is 0. The van der Waals surface area contributed by atoms with Crippen molar-refractivity contribution in [1.82, 2.24) is 5.32 Å². The minimum atomic E-state index is -1.21. The molecule has 14 heavy (non-hydrogen) atoms. The lowest BCUT2D eigenvalue weighted by molar-refractivity contribution is -0.139. The molecule has 0 spiro atoms. The number of aliphatic carboxylic acids is 2. The molecule has 0 unspecified atom stereocenters. The first kappa shape index (κ1) is 10.5. The number of nitrogens with zero attached hydrogens (tertiary/aromatic N) is 1. The monoisotopic (exact) mass is 200 g/mol. The topological polar surface area (TPSA) is 99.0 Å². The van der Waals surface area contributed by atoms with Crippen molar-refractivity contribution < 1.29 is 19.8 Å². The van der Waals surface area contributed by atoms with Gasteiger partial charge in [-0.3, -0.25) is 4.99 Å². The van der Waals surface area contributed by atoms with Crippen LogP contribution in [0.5, 0.6) is 0 Å². The minimum absolute atomic E-state index is 0.253. The zero-order valence-electron chi connectivity index (χ0n) is 7.56. The van der Waals surface area contributed by atoms with Crippen LogP contribution in [-0.4, -0.2) is 40.6 Å². The van der Waals surface area contributed by atoms with E-state index in [2.05, 4.69) is 10.3 Å². The molecule has 1 aliphatic heterocycles. The average molecular weight is 200 g/mol. The van der Waals surface area contributed by atoms with E-state index >= 15 is 0 Å². The van der Waals surface area contributed by atoms with E-state index in [9.17, 15) is 9.59 Å². The summed E-state index contributed by atoms with van der Waals surface area (Å²) in [5.41, 5.74) is 0. The molecule has 1 atom stereocenters. The number of nitrogens with one attached hydrogen (secondary N) is 1. The van der Waals surface area contributed by atoms with Crippen LogP contribution in [0, 0.1) is 0 Å². The normalized spacial score (nSPS) is 22.6. The van der Waals surface area contributed by atoms with Gasteiger partial charge in [-0.1, -0.05) is 0 Å². The maximum absolute atomic E-state index is 10.7. The lowest BCUT2D eigenvalue weighted by Crippen LogP contribution is -2.44. The van der Waals surface area contributed by atoms with Crippen LogP contribution >= 0.6 is 0 Å². The van der Waals surface area contributed by atoms with Gasteiger partial charge in [-0.15, -0.1) is 0 Å². The molecule has 3 N–H and O–H groups in total. The Morgan fingerprint density at radius 3 is 2.64 bits per heavy atom. The summed E-state index contributed by atoms with van der Waals surface area (Å²) < 4.78 is 0. The third kappa shape index (κ3) is 2.72. The Balaban J connectivity index is 2.74. The van der Waals surface area contributed by atoms with Crippen LogP contribution < -0.4 is 5.32 Å². The van der Waals surface area contributed by atoms with Gasteiger partial charge in [0.05, 0.1) is 0 Å². The first-order valence-corrected chi connectivity index (χ1v) is 4.38. The molecule has 0 aromatic rings. The largest absolute Gasteiger partial charge is 0.480 e. The van der Waals surface area contributed by atoms with Crippen LogP contribution in [0.15, 0.2) is 4.99 Å². The number of carboxylic acid groups (broad SMARTS) is 2. The molecular formula is C8H12N2O4. The second kappa shape index (κ2) is 4.59. The number of carboxylic acids is 2. The molecule has 1 rings (SSSR count). The fraction of sp³-hybridized carbons (Fsp3) is 0.625. The lowest BCUT2D eigenvalue weighted by Gasteiger charge is -2.17. The number of amidine groups is 1. The molecule has 0 radical (unpaired) electrons. The SMILES string of the molecule is O=C(O)C1=NCCCC[C@H](C(=O)O)N1. The van der Waals surface area contributed by atoms with Gasteiger partial charge in [0.25, 0.3) is 0 Å². The van der Waals surface area contributed by atoms with Crippen LogP contribution in [0.1, 0.15) is 19.3 Å². The molecule has 1 aliphatic rings. The van der Waals surface area contributed by atoms with Gasteiger partial charge in [0.15, 0.2) is 0 Å². The third-order valence-corrected chi connectivity index (χ3v) is 1.98. The van der Waals surface area contributed by atoms with Gasteiger partial charge in [-0.2, -0.15) is 0 Å². The van der Waals surface area contributed by atoms with Crippen LogP contribution in [-0.2, 0) is 9.59 Å². The third-order valence-electron chi connectivity index (χ3n) is 1.98. The zero-order valence-corrected chi connectivity index (χ0v) is 7.56. The molecule has 1 heterocycles. The molecule has 0 aliphatic carbocycles. The highest BCUT2D eigenvalue weighted by Crippen LogP contribution is 2.05. The van der Waals surface area contributed by atoms with E-state index in [0.29, 0.717) is 13.0 Å². The van der Waals surface area contributed by atoms with Gasteiger partial charge in [-0.25, -0.2) is 9.59 Å². The predicted molar refractivity (Wildman–Crippen MR) is 48.3 cm³/mol. The summed E-state index contributed by atoms with van der Waals surface area (Å²) in [6.45, 7) is 0.432. The van der Waals surface area contributed by atoms with Crippen LogP contribution in [0.3, 0.4) is 0 Å². The first-order chi connectivity index (χ1) is 6.61. The van der Waals surface area contributed by atoms with Crippen molar-refractivity contribution in [3.05, 3.63) is 0 Å². The van der Waals surface area contributed by atoms with Crippen molar-refractivity contribution in [2.24, 2.45) is 4.99 Å². The van der Waals surface area contributed by atoms with Gasteiger partial charge in [0, 0.05) is 6.54 Å². The molecule has 0 amide bonds. The highest BCUT2D eigenvalue weighted by molar-refractivity contribution is 6.34. The average Bonchev–Trinajstić information content (AvgIpc) is 2.01. The molecule has 6 nitrogen and oxygen atoms in total. The zero-order chi connectivity index (χ0) is 10.6. The molecule has 0 fully saturated rings. The summed E-state index contributed by atoms with van der Waals surface area (Å²) in [6.07, 6.45) is 1.89. The van der Waals surface area contributed by atoms with E-state index in [1.807, 2.05) is 0 Å². The Bertz CT molecular complexity index is 275. The van der Waals surface area contributed by atoms with Crippen molar-refractivity contribution in [2.75, 3.05) is 6.54 Å². The first-order valence-electron chi connectivity index (χ1n) is 4.38. The second-order valence-electron chi connectivity index (χ2n) is 3.07. The fourth-order valence-corrected chi connectivity index (χ4v) is 1.25. The van der Waals surface area contributed by atoms with Crippen molar-refractivity contribution in [1.29, 1.82) is 0 Å². The Labute approximate surface area is 80.6 Å². The van der Waals surface area contributed by atoms with Crippen molar-refractivity contribution >= 4 is 17.8 Å². The number of aliphatic imine (C=N–C) groups is 1. The van der Waals surface area contributed by atoms with Gasteiger partial charge < -0.3 is 15.5 Å². The number of hydrogen-bond donors (Lipinski definition) is 3. The Kier molecular flexibility index (Phi) is 3.44. The van der Waals surface area contributed by atoms with E-state index in [1.165, 1.54) is 0 Å². The summed E-state index contributed by atoms with van der Waals surface area (Å²) in [7, 11) is 0. The smallest absolute Gasteiger partial charge is 0.371 e. The molecule has 0 saturated carbocycles. The molecule has 0 bridgehead atoms. The molecule has 0 saturated heterocycles. The fourth-order valence-electron chi connectivity index (χ4n) is 1.25. The van der Waals surface area contributed by atoms with E-state index in [-0.39, 0.29) is 5.84 Å². The Morgan fingerprint density at radius 1 is 1.36 bits per heavy atom. The summed E-state index contributed by atoms with van der Waals surface area (Å²) in [4.78, 5) is 25.0. The molecule has 0 aromatic carbocycles. The van der Waals surface area contributed by atoms with E-state index < -0.39 is 18.0 Å². The quantitative estimate of drug-likeness (QED) is 0.568. The summed E-state index contributed by atoms with van der Waals surface area (Å²) in [6, 6.07) is -0.842. The summed E-state index contributed by atoms with van der Waals surface area (Å²) in [5, 5.41) is 19.8. The maximum atomic E-state index is 10.7. The Morgan fingerprint density at radius 2 is 2.07 bits per heavy atom. The predicted octanol–water partition coefficient (Wildman–Crippen LogP) is -0.304. The summed E-state index contributed by atoms with van der Waals surface area (Å²) in [5.74, 6) is -2.50. The van der Waals surface area contributed by atoms with Crippen LogP contribution in [0.4, 0.5) is 0 Å². The van der Waals surface area contributed by atoms with Crippen molar-refractivity contribution in [3.63, 3.8) is 0 Å². The second-order valence-corrected chi connectivity index (χ2v) is 3.07. The van der Waals surface area contributed by atoms with E-state index in [4.69, 9.17) is 10.2 Å². The van der Waals surface area contributed by atoms with Gasteiger partial charge in [0.2, 0.25) is 5.84 Å². The number of hydrogen-bond acceptors (Lipinski definition) is 4. The molecule has 6 heteroatoms. The van der Waals surface area contributed by atoms with Crippen molar-refractivity contribution in [3.8, 4) is 0 Å². The number of rotatable bonds is 2. The standard InChI is InChI=1S/C8H12N2O4/c11-7(12)5-3-1-2-4-9-6(10-5)8(13)14/h5H,1-4H2,(H,9,10)(H,11,12)(H,13,14)/t5-/m1/s1. The van der Waals surface area contributed by atoms with Gasteiger partial charge >= 0.3 is 11.9 Å². The minimum Gasteiger partial charge on any atom is -0.480 e. The highest BCUT2D eigenvalue weighted by Gasteiger charge is 2.22. The molecule has 78 valence electrons. The lowest BCUT2D eigenvalue weighted by atomic mass is 10.1.